The van der Waals surface area contributed by atoms with E-state index in [9.17, 15) is 10.2 Å². The molecule has 1 fully saturated rings. The van der Waals surface area contributed by atoms with Gasteiger partial charge in [-0.05, 0) is 0 Å². The maximum atomic E-state index is 10.4. The van der Waals surface area contributed by atoms with E-state index in [-0.39, 0.29) is 31.6 Å². The number of rotatable bonds is 6. The zero-order valence-electron chi connectivity index (χ0n) is 13.8. The summed E-state index contributed by atoms with van der Waals surface area (Å²) in [4.78, 5) is 13.9. The van der Waals surface area contributed by atoms with Crippen LogP contribution in [-0.4, -0.2) is 96.5 Å². The molecular formula is C13H23N7O5. The van der Waals surface area contributed by atoms with Gasteiger partial charge < -0.3 is 35.1 Å². The van der Waals surface area contributed by atoms with Crippen molar-refractivity contribution in [3.8, 4) is 0 Å². The third kappa shape index (κ3) is 3.25. The monoisotopic (exact) mass is 357 g/mol. The summed E-state index contributed by atoms with van der Waals surface area (Å²) >= 11 is 0. The minimum Gasteiger partial charge on any atom is -0.394 e. The Morgan fingerprint density at radius 3 is 2.84 bits per heavy atom. The lowest BCUT2D eigenvalue weighted by Gasteiger charge is -2.32. The molecule has 1 saturated heterocycles. The van der Waals surface area contributed by atoms with Crippen molar-refractivity contribution in [3.05, 3.63) is 0 Å². The van der Waals surface area contributed by atoms with Crippen LogP contribution in [0, 0.1) is 0 Å². The standard InChI is InChI=1S/C13H23N7O5/c1-23-2-3-24-8-7(22)6(4-21)25-11(8)20-5-17-9-10(20)18-12(14)19-13(9,15)16/h6-8,11,21-22H,2-5,15-16H2,1H3,(H2,14,19)/t6-,7-,8-,11-/m1/s1. The molecule has 3 aliphatic rings. The van der Waals surface area contributed by atoms with Gasteiger partial charge >= 0.3 is 0 Å². The third-order valence-electron chi connectivity index (χ3n) is 4.16. The Labute approximate surface area is 143 Å². The number of hydrogen-bond acceptors (Lipinski definition) is 12. The lowest BCUT2D eigenvalue weighted by molar-refractivity contribution is -0.0928. The molecule has 0 bridgehead atoms. The first-order valence-electron chi connectivity index (χ1n) is 7.77. The highest BCUT2D eigenvalue weighted by Gasteiger charge is 2.51. The summed E-state index contributed by atoms with van der Waals surface area (Å²) in [6.07, 6.45) is -3.36. The van der Waals surface area contributed by atoms with Gasteiger partial charge in [-0.15, -0.1) is 0 Å². The Morgan fingerprint density at radius 2 is 2.16 bits per heavy atom. The first-order valence-corrected chi connectivity index (χ1v) is 7.77. The average molecular weight is 357 g/mol. The Hall–Kier alpha value is -1.67. The molecule has 0 aromatic carbocycles. The van der Waals surface area contributed by atoms with Crippen LogP contribution in [0.5, 0.6) is 0 Å². The number of ether oxygens (including phenoxy) is 3. The van der Waals surface area contributed by atoms with Crippen molar-refractivity contribution in [2.45, 2.75) is 30.3 Å². The van der Waals surface area contributed by atoms with Crippen LogP contribution in [0.15, 0.2) is 15.0 Å². The van der Waals surface area contributed by atoms with E-state index in [2.05, 4.69) is 15.0 Å². The molecule has 0 aromatic rings. The summed E-state index contributed by atoms with van der Waals surface area (Å²) in [6, 6.07) is 0. The number of aliphatic hydroxyl groups excluding tert-OH is 2. The smallest absolute Gasteiger partial charge is 0.220 e. The van der Waals surface area contributed by atoms with E-state index in [1.54, 1.807) is 12.0 Å². The van der Waals surface area contributed by atoms with Gasteiger partial charge in [-0.2, -0.15) is 4.99 Å². The number of aliphatic imine (C=N–C) groups is 3. The average Bonchev–Trinajstić information content (AvgIpc) is 3.09. The second kappa shape index (κ2) is 6.92. The number of amidine groups is 1. The molecule has 0 amide bonds. The van der Waals surface area contributed by atoms with Crippen LogP contribution < -0.4 is 17.2 Å². The number of hydrogen-bond donors (Lipinski definition) is 5. The normalized spacial score (nSPS) is 33.8. The highest BCUT2D eigenvalue weighted by atomic mass is 16.6. The lowest BCUT2D eigenvalue weighted by atomic mass is 10.1. The molecule has 0 spiro atoms. The molecule has 3 heterocycles. The fourth-order valence-corrected chi connectivity index (χ4v) is 2.99. The number of aliphatic hydroxyl groups is 2. The third-order valence-corrected chi connectivity index (χ3v) is 4.16. The van der Waals surface area contributed by atoms with Crippen molar-refractivity contribution in [1.29, 1.82) is 0 Å². The largest absolute Gasteiger partial charge is 0.394 e. The van der Waals surface area contributed by atoms with Crippen LogP contribution in [0.3, 0.4) is 0 Å². The van der Waals surface area contributed by atoms with Gasteiger partial charge in [0, 0.05) is 7.11 Å². The highest BCUT2D eigenvalue weighted by molar-refractivity contribution is 6.47. The van der Waals surface area contributed by atoms with E-state index in [4.69, 9.17) is 31.4 Å². The summed E-state index contributed by atoms with van der Waals surface area (Å²) in [5.74, 6) is -1.36. The van der Waals surface area contributed by atoms with Gasteiger partial charge in [-0.25, -0.2) is 4.99 Å². The Bertz CT molecular complexity index is 608. The van der Waals surface area contributed by atoms with Gasteiger partial charge in [0.2, 0.25) is 11.7 Å². The van der Waals surface area contributed by atoms with Crippen LogP contribution in [-0.2, 0) is 14.2 Å². The molecule has 3 aliphatic heterocycles. The molecule has 12 nitrogen and oxygen atoms in total. The Morgan fingerprint density at radius 1 is 1.40 bits per heavy atom. The molecule has 0 unspecified atom stereocenters. The van der Waals surface area contributed by atoms with Gasteiger partial charge in [0.15, 0.2) is 12.1 Å². The molecule has 0 radical (unpaired) electrons. The van der Waals surface area contributed by atoms with Crippen molar-refractivity contribution in [3.63, 3.8) is 0 Å². The fraction of sp³-hybridized carbons (Fsp3) is 0.769. The predicted octanol–water partition coefficient (Wildman–Crippen LogP) is -3.89. The van der Waals surface area contributed by atoms with E-state index in [0.29, 0.717) is 12.4 Å². The second-order valence-corrected chi connectivity index (χ2v) is 5.92. The molecule has 8 N–H and O–H groups in total. The maximum absolute atomic E-state index is 10.4. The minimum atomic E-state index is -1.59. The van der Waals surface area contributed by atoms with Crippen LogP contribution in [0.4, 0.5) is 0 Å². The number of nitrogens with zero attached hydrogens (tertiary/aromatic N) is 4. The van der Waals surface area contributed by atoms with Crippen LogP contribution >= 0.6 is 0 Å². The van der Waals surface area contributed by atoms with Crippen molar-refractivity contribution < 1.29 is 24.4 Å². The fourth-order valence-electron chi connectivity index (χ4n) is 2.99. The number of nitrogens with two attached hydrogens (primary N) is 3. The molecule has 0 aromatic heterocycles. The molecule has 25 heavy (non-hydrogen) atoms. The van der Waals surface area contributed by atoms with Gasteiger partial charge in [0.25, 0.3) is 0 Å². The first-order chi connectivity index (χ1) is 11.9. The molecule has 140 valence electrons. The Balaban J connectivity index is 1.83. The van der Waals surface area contributed by atoms with E-state index < -0.39 is 30.3 Å². The number of guanidine groups is 1. The van der Waals surface area contributed by atoms with E-state index >= 15 is 0 Å². The summed E-state index contributed by atoms with van der Waals surface area (Å²) in [7, 11) is 1.54. The summed E-state index contributed by atoms with van der Waals surface area (Å²) in [5, 5.41) is 19.8. The van der Waals surface area contributed by atoms with Crippen molar-refractivity contribution in [1.82, 2.24) is 4.90 Å². The molecule has 4 atom stereocenters. The highest BCUT2D eigenvalue weighted by Crippen LogP contribution is 2.30. The molecule has 0 aliphatic carbocycles. The quantitative estimate of drug-likeness (QED) is 0.234. The van der Waals surface area contributed by atoms with Gasteiger partial charge in [-0.1, -0.05) is 0 Å². The van der Waals surface area contributed by atoms with Crippen LogP contribution in [0.2, 0.25) is 0 Å². The zero-order chi connectivity index (χ0) is 18.2. The molecule has 12 heteroatoms. The van der Waals surface area contributed by atoms with Crippen molar-refractivity contribution in [2.75, 3.05) is 33.6 Å². The summed E-state index contributed by atoms with van der Waals surface area (Å²) in [5.41, 5.74) is 17.8. The molecule has 0 saturated carbocycles. The SMILES string of the molecule is COCCO[C@@H]1[C@H](O)[C@@H](CO)O[C@H]1N1CN=C2C1=NC(N)=NC2(N)N. The first kappa shape index (κ1) is 18.1. The van der Waals surface area contributed by atoms with E-state index in [0.717, 1.165) is 0 Å². The predicted molar refractivity (Wildman–Crippen MR) is 87.7 cm³/mol. The van der Waals surface area contributed by atoms with E-state index in [1.165, 1.54) is 0 Å². The summed E-state index contributed by atoms with van der Waals surface area (Å²) < 4.78 is 16.4. The number of methoxy groups -OCH3 is 1. The minimum absolute atomic E-state index is 0.0834. The van der Waals surface area contributed by atoms with Gasteiger partial charge in [0.1, 0.15) is 30.7 Å². The van der Waals surface area contributed by atoms with Crippen LogP contribution in [0.1, 0.15) is 0 Å². The zero-order valence-corrected chi connectivity index (χ0v) is 13.8. The lowest BCUT2D eigenvalue weighted by Crippen LogP contribution is -2.62. The van der Waals surface area contributed by atoms with E-state index in [1.807, 2.05) is 0 Å². The second-order valence-electron chi connectivity index (χ2n) is 5.92. The van der Waals surface area contributed by atoms with Crippen LogP contribution in [0.25, 0.3) is 0 Å². The summed E-state index contributed by atoms with van der Waals surface area (Å²) in [6.45, 7) is 0.353. The number of fused-ring (bicyclic) bond motifs is 1. The van der Waals surface area contributed by atoms with Gasteiger partial charge in [0.05, 0.1) is 19.8 Å². The maximum Gasteiger partial charge on any atom is 0.220 e. The topological polar surface area (TPSA) is 187 Å². The van der Waals surface area contributed by atoms with Crippen molar-refractivity contribution in [2.24, 2.45) is 32.2 Å². The van der Waals surface area contributed by atoms with Gasteiger partial charge in [-0.3, -0.25) is 16.5 Å². The molecular weight excluding hydrogens is 334 g/mol. The molecule has 3 rings (SSSR count). The Kier molecular flexibility index (Phi) is 5.02. The van der Waals surface area contributed by atoms with Crippen molar-refractivity contribution >= 4 is 17.5 Å².